The predicted octanol–water partition coefficient (Wildman–Crippen LogP) is 1.98. The van der Waals surface area contributed by atoms with Gasteiger partial charge >= 0.3 is 5.97 Å². The number of halogens is 1. The van der Waals surface area contributed by atoms with Gasteiger partial charge in [0.25, 0.3) is 0 Å². The molecule has 16 heavy (non-hydrogen) atoms. The second kappa shape index (κ2) is 5.60. The number of amides is 1. The van der Waals surface area contributed by atoms with Crippen LogP contribution in [0.2, 0.25) is 0 Å². The molecule has 0 aromatic carbocycles. The van der Waals surface area contributed by atoms with Crippen LogP contribution in [0, 0.1) is 0 Å². The van der Waals surface area contributed by atoms with E-state index in [0.717, 1.165) is 0 Å². The maximum atomic E-state index is 11.5. The predicted molar refractivity (Wildman–Crippen MR) is 62.2 cm³/mol. The molecule has 5 nitrogen and oxygen atoms in total. The number of ether oxygens (including phenoxy) is 1. The zero-order valence-electron chi connectivity index (χ0n) is 8.91. The molecule has 0 fully saturated rings. The Kier molecular flexibility index (Phi) is 4.42. The third-order valence-corrected chi connectivity index (χ3v) is 2.02. The Balaban J connectivity index is 2.97. The van der Waals surface area contributed by atoms with E-state index in [0.29, 0.717) is 22.6 Å². The molecule has 0 aliphatic heterocycles. The third kappa shape index (κ3) is 3.62. The molecular weight excluding hydrogens is 276 g/mol. The van der Waals surface area contributed by atoms with Crippen molar-refractivity contribution in [2.24, 2.45) is 0 Å². The van der Waals surface area contributed by atoms with Gasteiger partial charge in [-0.1, -0.05) is 0 Å². The molecule has 86 valence electrons. The third-order valence-electron chi connectivity index (χ3n) is 1.61. The molecule has 0 radical (unpaired) electrons. The van der Waals surface area contributed by atoms with Crippen molar-refractivity contribution in [1.82, 2.24) is 4.98 Å². The summed E-state index contributed by atoms with van der Waals surface area (Å²) in [5.74, 6) is -0.387. The van der Waals surface area contributed by atoms with Gasteiger partial charge in [-0.25, -0.2) is 9.78 Å². The topological polar surface area (TPSA) is 68.3 Å². The highest BCUT2D eigenvalue weighted by atomic mass is 79.9. The van der Waals surface area contributed by atoms with Gasteiger partial charge in [-0.3, -0.25) is 4.79 Å². The molecule has 0 saturated carbocycles. The molecule has 0 atom stereocenters. The van der Waals surface area contributed by atoms with E-state index >= 15 is 0 Å². The molecule has 0 aliphatic rings. The molecule has 0 bridgehead atoms. The number of anilines is 1. The lowest BCUT2D eigenvalue weighted by molar-refractivity contribution is -0.114. The van der Waals surface area contributed by atoms with E-state index in [4.69, 9.17) is 4.74 Å². The first-order valence-corrected chi connectivity index (χ1v) is 5.44. The lowest BCUT2D eigenvalue weighted by Crippen LogP contribution is -2.10. The van der Waals surface area contributed by atoms with Crippen molar-refractivity contribution >= 4 is 33.6 Å². The van der Waals surface area contributed by atoms with Gasteiger partial charge in [0, 0.05) is 6.92 Å². The van der Waals surface area contributed by atoms with Crippen LogP contribution in [-0.2, 0) is 9.53 Å². The average Bonchev–Trinajstić information content (AvgIpc) is 2.15. The quantitative estimate of drug-likeness (QED) is 0.681. The van der Waals surface area contributed by atoms with Gasteiger partial charge in [-0.15, -0.1) is 0 Å². The highest BCUT2D eigenvalue weighted by molar-refractivity contribution is 9.10. The molecule has 1 N–H and O–H groups in total. The van der Waals surface area contributed by atoms with Gasteiger partial charge in [0.05, 0.1) is 12.2 Å². The smallest absolute Gasteiger partial charge is 0.338 e. The first-order chi connectivity index (χ1) is 7.52. The lowest BCUT2D eigenvalue weighted by atomic mass is 10.2. The number of carbonyl (C=O) groups is 2. The van der Waals surface area contributed by atoms with Crippen molar-refractivity contribution in [2.75, 3.05) is 11.9 Å². The number of esters is 1. The van der Waals surface area contributed by atoms with E-state index in [-0.39, 0.29) is 5.91 Å². The van der Waals surface area contributed by atoms with Crippen LogP contribution in [-0.4, -0.2) is 23.5 Å². The average molecular weight is 287 g/mol. The number of rotatable bonds is 3. The summed E-state index contributed by atoms with van der Waals surface area (Å²) < 4.78 is 5.30. The minimum Gasteiger partial charge on any atom is -0.462 e. The number of carbonyl (C=O) groups excluding carboxylic acids is 2. The fourth-order valence-corrected chi connectivity index (χ4v) is 1.51. The second-order valence-electron chi connectivity index (χ2n) is 2.97. The molecule has 1 aromatic heterocycles. The molecule has 0 saturated heterocycles. The molecule has 0 unspecified atom stereocenters. The minimum absolute atomic E-state index is 0.250. The molecule has 0 spiro atoms. The lowest BCUT2D eigenvalue weighted by Gasteiger charge is -2.05. The largest absolute Gasteiger partial charge is 0.462 e. The molecule has 1 amide bonds. The summed E-state index contributed by atoms with van der Waals surface area (Å²) in [4.78, 5) is 26.3. The van der Waals surface area contributed by atoms with Crippen LogP contribution >= 0.6 is 15.9 Å². The Bertz CT molecular complexity index is 421. The summed E-state index contributed by atoms with van der Waals surface area (Å²) >= 11 is 3.15. The van der Waals surface area contributed by atoms with Gasteiger partial charge in [-0.2, -0.15) is 0 Å². The van der Waals surface area contributed by atoms with Gasteiger partial charge in [-0.05, 0) is 35.0 Å². The van der Waals surface area contributed by atoms with E-state index in [1.54, 1.807) is 6.92 Å². The molecule has 1 heterocycles. The highest BCUT2D eigenvalue weighted by Crippen LogP contribution is 2.16. The fraction of sp³-hybridized carbons (Fsp3) is 0.300. The summed E-state index contributed by atoms with van der Waals surface area (Å²) in [5.41, 5.74) is 0.340. The van der Waals surface area contributed by atoms with Crippen molar-refractivity contribution in [3.63, 3.8) is 0 Å². The van der Waals surface area contributed by atoms with Crippen LogP contribution < -0.4 is 5.32 Å². The molecule has 1 rings (SSSR count). The van der Waals surface area contributed by atoms with E-state index in [1.807, 2.05) is 0 Å². The maximum Gasteiger partial charge on any atom is 0.338 e. The van der Waals surface area contributed by atoms with E-state index in [9.17, 15) is 9.59 Å². The summed E-state index contributed by atoms with van der Waals surface area (Å²) in [6.45, 7) is 3.39. The second-order valence-corrected chi connectivity index (χ2v) is 3.78. The fourth-order valence-electron chi connectivity index (χ4n) is 1.07. The van der Waals surface area contributed by atoms with Crippen LogP contribution in [0.15, 0.2) is 16.7 Å². The number of pyridine rings is 1. The van der Waals surface area contributed by atoms with Crippen LogP contribution in [0.3, 0.4) is 0 Å². The number of hydrogen-bond donors (Lipinski definition) is 1. The number of nitrogens with one attached hydrogen (secondary N) is 1. The van der Waals surface area contributed by atoms with Gasteiger partial charge in [0.15, 0.2) is 0 Å². The Morgan fingerprint density at radius 1 is 1.50 bits per heavy atom. The Hall–Kier alpha value is -1.43. The number of hydrogen-bond acceptors (Lipinski definition) is 4. The monoisotopic (exact) mass is 286 g/mol. The van der Waals surface area contributed by atoms with Crippen LogP contribution in [0.25, 0.3) is 0 Å². The van der Waals surface area contributed by atoms with Crippen molar-refractivity contribution in [3.8, 4) is 0 Å². The minimum atomic E-state index is -0.447. The normalized spacial score (nSPS) is 9.69. The SMILES string of the molecule is CCOC(=O)c1cc(Br)nc(NC(C)=O)c1. The summed E-state index contributed by atoms with van der Waals surface area (Å²) in [6, 6.07) is 2.99. The van der Waals surface area contributed by atoms with Gasteiger partial charge in [0.1, 0.15) is 10.4 Å². The maximum absolute atomic E-state index is 11.5. The Morgan fingerprint density at radius 2 is 2.19 bits per heavy atom. The Morgan fingerprint density at radius 3 is 2.75 bits per heavy atom. The first-order valence-electron chi connectivity index (χ1n) is 4.65. The first kappa shape index (κ1) is 12.6. The summed E-state index contributed by atoms with van der Waals surface area (Å²) in [5, 5.41) is 2.50. The summed E-state index contributed by atoms with van der Waals surface area (Å²) in [7, 11) is 0. The highest BCUT2D eigenvalue weighted by Gasteiger charge is 2.10. The van der Waals surface area contributed by atoms with Gasteiger partial charge < -0.3 is 10.1 Å². The van der Waals surface area contributed by atoms with Crippen LogP contribution in [0.4, 0.5) is 5.82 Å². The molecule has 1 aromatic rings. The van der Waals surface area contributed by atoms with Crippen molar-refractivity contribution in [1.29, 1.82) is 0 Å². The zero-order chi connectivity index (χ0) is 12.1. The van der Waals surface area contributed by atoms with Crippen LogP contribution in [0.5, 0.6) is 0 Å². The van der Waals surface area contributed by atoms with Crippen molar-refractivity contribution in [2.45, 2.75) is 13.8 Å². The van der Waals surface area contributed by atoms with Crippen molar-refractivity contribution < 1.29 is 14.3 Å². The van der Waals surface area contributed by atoms with E-state index in [1.165, 1.54) is 19.1 Å². The molecule has 0 aliphatic carbocycles. The van der Waals surface area contributed by atoms with Crippen LogP contribution in [0.1, 0.15) is 24.2 Å². The summed E-state index contributed by atoms with van der Waals surface area (Å²) in [6.07, 6.45) is 0. The van der Waals surface area contributed by atoms with Crippen molar-refractivity contribution in [3.05, 3.63) is 22.3 Å². The van der Waals surface area contributed by atoms with E-state index < -0.39 is 5.97 Å². The molecule has 6 heteroatoms. The zero-order valence-corrected chi connectivity index (χ0v) is 10.5. The number of nitrogens with zero attached hydrogens (tertiary/aromatic N) is 1. The Labute approximate surface area is 101 Å². The molecular formula is C10H11BrN2O3. The van der Waals surface area contributed by atoms with E-state index in [2.05, 4.69) is 26.2 Å². The van der Waals surface area contributed by atoms with Gasteiger partial charge in [0.2, 0.25) is 5.91 Å². The number of aromatic nitrogens is 1. The standard InChI is InChI=1S/C10H11BrN2O3/c1-3-16-10(15)7-4-8(11)13-9(5-7)12-6(2)14/h4-5H,3H2,1-2H3,(H,12,13,14).